The number of H-pyrrole nitrogens is 1. The van der Waals surface area contributed by atoms with Crippen LogP contribution in [-0.4, -0.2) is 93.9 Å². The Labute approximate surface area is 249 Å². The summed E-state index contributed by atoms with van der Waals surface area (Å²) in [4.78, 5) is 17.4. The zero-order chi connectivity index (χ0) is 30.7. The van der Waals surface area contributed by atoms with Gasteiger partial charge in [0.2, 0.25) is 9.84 Å². The number of benzene rings is 2. The number of likely N-dealkylation sites (N-methyl/N-ethyl adjacent to an activating group) is 2. The first-order chi connectivity index (χ1) is 20.5. The van der Waals surface area contributed by atoms with Crippen molar-refractivity contribution in [2.45, 2.75) is 41.1 Å². The van der Waals surface area contributed by atoms with E-state index in [9.17, 15) is 22.0 Å². The Balaban J connectivity index is 1.42. The van der Waals surface area contributed by atoms with E-state index in [1.807, 2.05) is 26.2 Å². The lowest BCUT2D eigenvalue weighted by Gasteiger charge is -2.33. The molecule has 0 bridgehead atoms. The zero-order valence-corrected chi connectivity index (χ0v) is 25.2. The van der Waals surface area contributed by atoms with Crippen molar-refractivity contribution in [3.05, 3.63) is 71.5 Å². The van der Waals surface area contributed by atoms with Gasteiger partial charge < -0.3 is 20.3 Å². The molecule has 0 saturated carbocycles. The maximum absolute atomic E-state index is 13.8. The van der Waals surface area contributed by atoms with Crippen LogP contribution in [-0.2, 0) is 19.4 Å². The van der Waals surface area contributed by atoms with E-state index < -0.39 is 32.3 Å². The molecule has 0 spiro atoms. The van der Waals surface area contributed by atoms with Crippen molar-refractivity contribution < 1.29 is 26.7 Å². The maximum atomic E-state index is 13.8. The summed E-state index contributed by atoms with van der Waals surface area (Å²) in [5.74, 6) is -2.25. The standard InChI is InChI=1S/C30H36F2N6O4S/c1-37(2)10-11-38(3)22-4-6-25(28(17-22)33-21-8-12-42-13-9-21)30(39)34-29-26-18-23(5-7-27(26)35-36-29)43(40,41)24-15-19(31)14-20(32)16-24/h4-7,14-16,18,21-22,33H,8-13,17H2,1-3H3,(H2,34,35,36,39). The van der Waals surface area contributed by atoms with E-state index >= 15 is 0 Å². The Kier molecular flexibility index (Phi) is 9.25. The van der Waals surface area contributed by atoms with Gasteiger partial charge in [0.15, 0.2) is 5.82 Å². The summed E-state index contributed by atoms with van der Waals surface area (Å²) in [5, 5.41) is 13.8. The van der Waals surface area contributed by atoms with Crippen LogP contribution in [0.3, 0.4) is 0 Å². The number of fused-ring (bicyclic) bond motifs is 1. The number of sulfone groups is 1. The molecule has 1 saturated heterocycles. The van der Waals surface area contributed by atoms with E-state index in [0.717, 1.165) is 43.8 Å². The van der Waals surface area contributed by atoms with Crippen LogP contribution in [0.2, 0.25) is 0 Å². The summed E-state index contributed by atoms with van der Waals surface area (Å²) >= 11 is 0. The number of anilines is 1. The van der Waals surface area contributed by atoms with Crippen LogP contribution >= 0.6 is 0 Å². The summed E-state index contributed by atoms with van der Waals surface area (Å²) in [6, 6.07) is 6.56. The van der Waals surface area contributed by atoms with Crippen molar-refractivity contribution in [1.82, 2.24) is 25.3 Å². The third-order valence-electron chi connectivity index (χ3n) is 7.76. The third-order valence-corrected chi connectivity index (χ3v) is 9.49. The van der Waals surface area contributed by atoms with Crippen LogP contribution < -0.4 is 10.6 Å². The minimum Gasteiger partial charge on any atom is -0.385 e. The van der Waals surface area contributed by atoms with Crippen LogP contribution in [0.15, 0.2) is 69.6 Å². The van der Waals surface area contributed by atoms with Crippen molar-refractivity contribution in [1.29, 1.82) is 0 Å². The number of ether oxygens (including phenoxy) is 1. The molecule has 1 amide bonds. The van der Waals surface area contributed by atoms with E-state index in [1.165, 1.54) is 18.2 Å². The minimum atomic E-state index is -4.25. The zero-order valence-electron chi connectivity index (χ0n) is 24.4. The summed E-state index contributed by atoms with van der Waals surface area (Å²) in [7, 11) is 1.88. The predicted molar refractivity (Wildman–Crippen MR) is 159 cm³/mol. The second-order valence-corrected chi connectivity index (χ2v) is 13.1. The number of nitrogens with one attached hydrogen (secondary N) is 3. The second kappa shape index (κ2) is 12.9. The van der Waals surface area contributed by atoms with Gasteiger partial charge in [-0.25, -0.2) is 17.2 Å². The van der Waals surface area contributed by atoms with E-state index in [0.29, 0.717) is 42.2 Å². The Morgan fingerprint density at radius 3 is 2.47 bits per heavy atom. The Hall–Kier alpha value is -3.65. The monoisotopic (exact) mass is 614 g/mol. The molecule has 2 aliphatic rings. The average molecular weight is 615 g/mol. The lowest BCUT2D eigenvalue weighted by atomic mass is 9.96. The lowest BCUT2D eigenvalue weighted by Crippen LogP contribution is -2.41. The van der Waals surface area contributed by atoms with Crippen molar-refractivity contribution in [2.24, 2.45) is 0 Å². The van der Waals surface area contributed by atoms with Crippen LogP contribution in [0.5, 0.6) is 0 Å². The fraction of sp³-hybridized carbons (Fsp3) is 0.400. The highest BCUT2D eigenvalue weighted by atomic mass is 32.2. The molecule has 3 N–H and O–H groups in total. The van der Waals surface area contributed by atoms with E-state index in [4.69, 9.17) is 4.74 Å². The van der Waals surface area contributed by atoms with Crippen molar-refractivity contribution in [3.8, 4) is 0 Å². The van der Waals surface area contributed by atoms with Gasteiger partial charge in [0.25, 0.3) is 5.91 Å². The van der Waals surface area contributed by atoms with Crippen molar-refractivity contribution in [3.63, 3.8) is 0 Å². The third kappa shape index (κ3) is 7.12. The van der Waals surface area contributed by atoms with Gasteiger partial charge in [-0.15, -0.1) is 0 Å². The second-order valence-electron chi connectivity index (χ2n) is 11.2. The molecule has 5 rings (SSSR count). The first-order valence-electron chi connectivity index (χ1n) is 14.1. The number of halogens is 2. The smallest absolute Gasteiger partial charge is 0.258 e. The molecule has 1 unspecified atom stereocenters. The van der Waals surface area contributed by atoms with Crippen LogP contribution in [0.1, 0.15) is 19.3 Å². The number of carbonyl (C=O) groups excluding carboxylic acids is 1. The molecule has 1 fully saturated rings. The molecular weight excluding hydrogens is 578 g/mol. The number of amides is 1. The minimum absolute atomic E-state index is 0.102. The van der Waals surface area contributed by atoms with Crippen molar-refractivity contribution >= 4 is 32.5 Å². The van der Waals surface area contributed by atoms with Crippen LogP contribution in [0.4, 0.5) is 14.6 Å². The first kappa shape index (κ1) is 30.8. The van der Waals surface area contributed by atoms with Crippen LogP contribution in [0.25, 0.3) is 10.9 Å². The van der Waals surface area contributed by atoms with Gasteiger partial charge in [0.05, 0.1) is 20.9 Å². The highest BCUT2D eigenvalue weighted by Crippen LogP contribution is 2.30. The van der Waals surface area contributed by atoms with E-state index in [-0.39, 0.29) is 22.8 Å². The van der Waals surface area contributed by atoms with Gasteiger partial charge in [-0.2, -0.15) is 5.10 Å². The quantitative estimate of drug-likeness (QED) is 0.318. The largest absolute Gasteiger partial charge is 0.385 e. The van der Waals surface area contributed by atoms with Gasteiger partial charge in [0.1, 0.15) is 11.6 Å². The Bertz CT molecular complexity index is 1640. The number of nitrogens with zero attached hydrogens (tertiary/aromatic N) is 3. The molecule has 230 valence electrons. The maximum Gasteiger partial charge on any atom is 0.258 e. The van der Waals surface area contributed by atoms with Crippen molar-refractivity contribution in [2.75, 3.05) is 52.8 Å². The molecule has 10 nitrogen and oxygen atoms in total. The van der Waals surface area contributed by atoms with Gasteiger partial charge in [-0.3, -0.25) is 14.8 Å². The number of carbonyl (C=O) groups is 1. The summed E-state index contributed by atoms with van der Waals surface area (Å²) in [5.41, 5.74) is 1.78. The number of aromatic amines is 1. The molecule has 1 atom stereocenters. The number of rotatable bonds is 10. The van der Waals surface area contributed by atoms with Gasteiger partial charge in [-0.05, 0) is 64.3 Å². The van der Waals surface area contributed by atoms with Gasteiger partial charge in [-0.1, -0.05) is 12.2 Å². The predicted octanol–water partition coefficient (Wildman–Crippen LogP) is 3.46. The highest BCUT2D eigenvalue weighted by molar-refractivity contribution is 7.91. The molecule has 1 aliphatic carbocycles. The fourth-order valence-corrected chi connectivity index (χ4v) is 6.54. The number of aromatic nitrogens is 2. The Morgan fingerprint density at radius 2 is 1.77 bits per heavy atom. The van der Waals surface area contributed by atoms with Gasteiger partial charge in [0, 0.05) is 62.0 Å². The summed E-state index contributed by atoms with van der Waals surface area (Å²) < 4.78 is 59.5. The molecule has 2 heterocycles. The molecule has 1 aliphatic heterocycles. The molecule has 3 aromatic rings. The molecular formula is C30H36F2N6O4S. The summed E-state index contributed by atoms with van der Waals surface area (Å²) in [6.07, 6.45) is 6.12. The van der Waals surface area contributed by atoms with Gasteiger partial charge >= 0.3 is 0 Å². The normalized spacial score (nSPS) is 18.2. The van der Waals surface area contributed by atoms with E-state index in [2.05, 4.69) is 37.7 Å². The molecule has 43 heavy (non-hydrogen) atoms. The number of hydrogen-bond acceptors (Lipinski definition) is 8. The molecule has 0 radical (unpaired) electrons. The van der Waals surface area contributed by atoms with Crippen LogP contribution in [0, 0.1) is 11.6 Å². The first-order valence-corrected chi connectivity index (χ1v) is 15.6. The molecule has 13 heteroatoms. The lowest BCUT2D eigenvalue weighted by molar-refractivity contribution is -0.112. The summed E-state index contributed by atoms with van der Waals surface area (Å²) in [6.45, 7) is 3.07. The SMILES string of the molecule is CN(C)CCN(C)C1C=CC(C(=O)Nc2n[nH]c3ccc(S(=O)(=O)c4cc(F)cc(F)c4)cc23)=C(NC2CCOCC2)C1. The highest BCUT2D eigenvalue weighted by Gasteiger charge is 2.27. The average Bonchev–Trinajstić information content (AvgIpc) is 3.37. The van der Waals surface area contributed by atoms with E-state index in [1.54, 1.807) is 0 Å². The molecule has 1 aromatic heterocycles. The Morgan fingerprint density at radius 1 is 1.05 bits per heavy atom. The topological polar surface area (TPSA) is 120 Å². The number of hydrogen-bond donors (Lipinski definition) is 3. The fourth-order valence-electron chi connectivity index (χ4n) is 5.21. The molecule has 2 aromatic carbocycles.